The van der Waals surface area contributed by atoms with Crippen molar-refractivity contribution in [2.45, 2.75) is 125 Å². The maximum Gasteiger partial charge on any atom is 0.303 e. The van der Waals surface area contributed by atoms with E-state index in [0.717, 1.165) is 24.7 Å². The van der Waals surface area contributed by atoms with Gasteiger partial charge in [-0.15, -0.1) is 0 Å². The van der Waals surface area contributed by atoms with Crippen LogP contribution in [-0.2, 0) is 4.79 Å². The average molecular weight is 437 g/mol. The number of fused-ring (bicyclic) bond motifs is 5. The van der Waals surface area contributed by atoms with Gasteiger partial charge in [-0.1, -0.05) is 61.3 Å². The first kappa shape index (κ1) is 26.7. The maximum atomic E-state index is 11.4. The van der Waals surface area contributed by atoms with Gasteiger partial charge in [0.25, 0.3) is 0 Å². The topological polar surface area (TPSA) is 57.5 Å². The van der Waals surface area contributed by atoms with E-state index in [9.17, 15) is 9.90 Å². The number of aliphatic hydroxyl groups excluding tert-OH is 1. The van der Waals surface area contributed by atoms with E-state index in [0.29, 0.717) is 29.1 Å². The second-order valence-electron chi connectivity index (χ2n) is 11.2. The Kier molecular flexibility index (Phi) is 9.50. The first-order chi connectivity index (χ1) is 14.8. The Hall–Kier alpha value is -0.570. The van der Waals surface area contributed by atoms with Gasteiger partial charge < -0.3 is 10.2 Å². The molecule has 2 N–H and O–H groups in total. The van der Waals surface area contributed by atoms with Crippen LogP contribution in [0.3, 0.4) is 0 Å². The third kappa shape index (κ3) is 4.87. The number of aliphatic carboxylic acids is 1. The fourth-order valence-electron chi connectivity index (χ4n) is 8.95. The third-order valence-electron chi connectivity index (χ3n) is 10.1. The van der Waals surface area contributed by atoms with Gasteiger partial charge in [-0.3, -0.25) is 4.79 Å². The second kappa shape index (κ2) is 11.0. The summed E-state index contributed by atoms with van der Waals surface area (Å²) in [5.41, 5.74) is 0.561. The van der Waals surface area contributed by atoms with E-state index in [4.69, 9.17) is 5.11 Å². The molecule has 4 aliphatic carbocycles. The molecule has 4 fully saturated rings. The molecule has 4 rings (SSSR count). The van der Waals surface area contributed by atoms with Gasteiger partial charge in [0.1, 0.15) is 0 Å². The highest BCUT2D eigenvalue weighted by atomic mass is 16.4. The lowest BCUT2D eigenvalue weighted by atomic mass is 9.43. The summed E-state index contributed by atoms with van der Waals surface area (Å²) in [5, 5.41) is 20.5. The van der Waals surface area contributed by atoms with Crippen LogP contribution in [0.2, 0.25) is 0 Å². The molecule has 4 aliphatic rings. The van der Waals surface area contributed by atoms with Crippen molar-refractivity contribution in [3.63, 3.8) is 0 Å². The summed E-state index contributed by atoms with van der Waals surface area (Å²) < 4.78 is 0. The Bertz CT molecular complexity index is 575. The fraction of sp³-hybridized carbons (Fsp3) is 0.964. The number of hydrogen-bond acceptors (Lipinski definition) is 2. The Balaban J connectivity index is 0.000000807. The van der Waals surface area contributed by atoms with E-state index >= 15 is 0 Å². The minimum Gasteiger partial charge on any atom is -0.481 e. The number of rotatable bonds is 4. The monoisotopic (exact) mass is 436 g/mol. The van der Waals surface area contributed by atoms with Crippen molar-refractivity contribution in [2.24, 2.45) is 46.3 Å². The smallest absolute Gasteiger partial charge is 0.303 e. The molecule has 4 saturated carbocycles. The molecule has 0 heterocycles. The normalized spacial score (nSPS) is 44.3. The maximum absolute atomic E-state index is 11.4. The predicted octanol–water partition coefficient (Wildman–Crippen LogP) is 7.56. The molecule has 8 unspecified atom stereocenters. The number of carboxylic acids is 1. The van der Waals surface area contributed by atoms with Crippen molar-refractivity contribution in [2.75, 3.05) is 0 Å². The summed E-state index contributed by atoms with van der Waals surface area (Å²) >= 11 is 0. The number of carboxylic acid groups (broad SMARTS) is 1. The van der Waals surface area contributed by atoms with E-state index < -0.39 is 5.97 Å². The molecule has 0 radical (unpaired) electrons. The van der Waals surface area contributed by atoms with Gasteiger partial charge >= 0.3 is 5.97 Å². The summed E-state index contributed by atoms with van der Waals surface area (Å²) in [6.07, 6.45) is 12.5. The van der Waals surface area contributed by atoms with E-state index in [2.05, 4.69) is 20.8 Å². The molecular formula is C28H52O3. The molecule has 182 valence electrons. The highest BCUT2D eigenvalue weighted by Gasteiger charge is 2.62. The number of aliphatic hydroxyl groups is 1. The van der Waals surface area contributed by atoms with Crippen LogP contribution < -0.4 is 0 Å². The van der Waals surface area contributed by atoms with E-state index in [1.807, 2.05) is 27.7 Å². The molecule has 0 bridgehead atoms. The van der Waals surface area contributed by atoms with Crippen LogP contribution in [0.25, 0.3) is 0 Å². The standard InChI is InChI=1S/C24H40O3.2C2H6/c1-15(7-12-21(26)27)18-10-11-19-17-9-8-16-6-4-5-13-23(16,2)22(17)20(25)14-24(18,19)3;2*1-2/h15-20,22,25H,4-14H2,1-3H3,(H,26,27);2*1-2H3/t15-,16?,17?,18?,19?,20?,22?,23?,24?;;/m1../s1. The minimum atomic E-state index is -0.672. The molecule has 31 heavy (non-hydrogen) atoms. The molecule has 0 saturated heterocycles. The van der Waals surface area contributed by atoms with Crippen LogP contribution in [-0.4, -0.2) is 22.3 Å². The quantitative estimate of drug-likeness (QED) is 0.478. The fourth-order valence-corrected chi connectivity index (χ4v) is 8.95. The van der Waals surface area contributed by atoms with Crippen LogP contribution in [0.15, 0.2) is 0 Å². The van der Waals surface area contributed by atoms with Crippen LogP contribution in [0.1, 0.15) is 119 Å². The van der Waals surface area contributed by atoms with Gasteiger partial charge in [-0.2, -0.15) is 0 Å². The molecule has 0 aromatic carbocycles. The SMILES string of the molecule is CC.CC.C[C@H](CCC(=O)O)C1CCC2C3CCC4CCCCC4(C)C3C(O)CC21C. The number of carbonyl (C=O) groups is 1. The van der Waals surface area contributed by atoms with Crippen LogP contribution in [0, 0.1) is 46.3 Å². The third-order valence-corrected chi connectivity index (χ3v) is 10.1. The minimum absolute atomic E-state index is 0.158. The van der Waals surface area contributed by atoms with E-state index in [1.54, 1.807) is 0 Å². The van der Waals surface area contributed by atoms with Crippen LogP contribution in [0.5, 0.6) is 0 Å². The molecule has 3 heteroatoms. The first-order valence-corrected chi connectivity index (χ1v) is 13.7. The summed E-state index contributed by atoms with van der Waals surface area (Å²) in [6.45, 7) is 15.2. The predicted molar refractivity (Wildman–Crippen MR) is 130 cm³/mol. The molecular weight excluding hydrogens is 384 g/mol. The molecule has 0 aromatic rings. The molecule has 0 amide bonds. The van der Waals surface area contributed by atoms with E-state index in [1.165, 1.54) is 51.4 Å². The van der Waals surface area contributed by atoms with Gasteiger partial charge in [0.15, 0.2) is 0 Å². The van der Waals surface area contributed by atoms with Gasteiger partial charge in [-0.05, 0) is 97.7 Å². The highest BCUT2D eigenvalue weighted by molar-refractivity contribution is 5.66. The van der Waals surface area contributed by atoms with Crippen LogP contribution in [0.4, 0.5) is 0 Å². The Labute approximate surface area is 192 Å². The molecule has 0 spiro atoms. The Morgan fingerprint density at radius 2 is 1.65 bits per heavy atom. The Morgan fingerprint density at radius 3 is 2.29 bits per heavy atom. The zero-order valence-electron chi connectivity index (χ0n) is 21.6. The molecule has 0 aliphatic heterocycles. The highest BCUT2D eigenvalue weighted by Crippen LogP contribution is 2.68. The van der Waals surface area contributed by atoms with Crippen molar-refractivity contribution in [1.82, 2.24) is 0 Å². The van der Waals surface area contributed by atoms with Gasteiger partial charge in [0.2, 0.25) is 0 Å². The summed E-state index contributed by atoms with van der Waals surface area (Å²) in [5.74, 6) is 3.11. The van der Waals surface area contributed by atoms with Gasteiger partial charge in [0.05, 0.1) is 6.10 Å². The molecule has 3 nitrogen and oxygen atoms in total. The van der Waals surface area contributed by atoms with Gasteiger partial charge in [-0.25, -0.2) is 0 Å². The summed E-state index contributed by atoms with van der Waals surface area (Å²) in [7, 11) is 0. The van der Waals surface area contributed by atoms with Crippen molar-refractivity contribution in [1.29, 1.82) is 0 Å². The molecule has 0 aromatic heterocycles. The van der Waals surface area contributed by atoms with Crippen molar-refractivity contribution in [3.8, 4) is 0 Å². The van der Waals surface area contributed by atoms with Crippen LogP contribution >= 0.6 is 0 Å². The lowest BCUT2D eigenvalue weighted by molar-refractivity contribution is -0.171. The lowest BCUT2D eigenvalue weighted by Gasteiger charge is -2.62. The summed E-state index contributed by atoms with van der Waals surface area (Å²) in [6, 6.07) is 0. The first-order valence-electron chi connectivity index (χ1n) is 13.7. The van der Waals surface area contributed by atoms with E-state index in [-0.39, 0.29) is 17.9 Å². The average Bonchev–Trinajstić information content (AvgIpc) is 3.10. The lowest BCUT2D eigenvalue weighted by Crippen LogP contribution is -2.58. The van der Waals surface area contributed by atoms with Crippen molar-refractivity contribution in [3.05, 3.63) is 0 Å². The second-order valence-corrected chi connectivity index (χ2v) is 11.2. The molecule has 9 atom stereocenters. The zero-order valence-corrected chi connectivity index (χ0v) is 21.6. The van der Waals surface area contributed by atoms with Gasteiger partial charge in [0, 0.05) is 6.42 Å². The van der Waals surface area contributed by atoms with Crippen molar-refractivity contribution < 1.29 is 15.0 Å². The summed E-state index contributed by atoms with van der Waals surface area (Å²) in [4.78, 5) is 11.1. The number of hydrogen-bond donors (Lipinski definition) is 2. The Morgan fingerprint density at radius 1 is 0.968 bits per heavy atom. The van der Waals surface area contributed by atoms with Crippen molar-refractivity contribution >= 4 is 5.97 Å². The zero-order chi connectivity index (χ0) is 23.4. The largest absolute Gasteiger partial charge is 0.481 e.